The summed E-state index contributed by atoms with van der Waals surface area (Å²) < 4.78 is 17.7. The van der Waals surface area contributed by atoms with Gasteiger partial charge < -0.3 is 19.0 Å². The van der Waals surface area contributed by atoms with E-state index in [9.17, 15) is 0 Å². The van der Waals surface area contributed by atoms with E-state index in [4.69, 9.17) is 19.0 Å². The van der Waals surface area contributed by atoms with Crippen LogP contribution in [0.25, 0.3) is 0 Å². The maximum absolute atomic E-state index is 5.76. The summed E-state index contributed by atoms with van der Waals surface area (Å²) in [6, 6.07) is 0.713. The second kappa shape index (κ2) is 7.09. The van der Waals surface area contributed by atoms with Crippen molar-refractivity contribution in [1.82, 2.24) is 14.8 Å². The molecule has 0 amide bonds. The van der Waals surface area contributed by atoms with Crippen molar-refractivity contribution in [2.24, 2.45) is 0 Å². The number of hydrogen-bond acceptors (Lipinski definition) is 7. The smallest absolute Gasteiger partial charge is 0.377 e. The van der Waals surface area contributed by atoms with E-state index in [0.29, 0.717) is 23.7 Å². The fraction of sp³-hybridized carbons (Fsp3) is 0.778. The number of hydrogen-bond donors (Lipinski definition) is 1. The van der Waals surface area contributed by atoms with Gasteiger partial charge in [0, 0.05) is 33.9 Å². The van der Waals surface area contributed by atoms with Crippen LogP contribution in [0.4, 0.5) is 5.95 Å². The highest BCUT2D eigenvalue weighted by Crippen LogP contribution is 2.17. The molecule has 1 aromatic heterocycles. The Morgan fingerprint density at radius 2 is 1.89 bits per heavy atom. The molecule has 0 atom stereocenters. The fourth-order valence-electron chi connectivity index (χ4n) is 1.59. The van der Waals surface area contributed by atoms with Crippen molar-refractivity contribution in [3.63, 3.8) is 0 Å². The Labute approximate surface area is 112 Å². The zero-order valence-electron chi connectivity index (χ0n) is 11.2. The third kappa shape index (κ3) is 3.69. The van der Waals surface area contributed by atoms with Gasteiger partial charge in [-0.15, -0.1) is 5.10 Å². The summed E-state index contributed by atoms with van der Waals surface area (Å²) in [4.78, 5) is 4.11. The second-order valence-corrected chi connectivity index (χ2v) is 7.44. The molecule has 0 spiro atoms. The van der Waals surface area contributed by atoms with Crippen LogP contribution in [0.3, 0.4) is 0 Å². The molecule has 0 aliphatic carbocycles. The molecule has 0 saturated carbocycles. The highest BCUT2D eigenvalue weighted by atomic mass is 32.2. The summed E-state index contributed by atoms with van der Waals surface area (Å²) in [5.74, 6) is 0.430. The number of rotatable bonds is 8. The van der Waals surface area contributed by atoms with Crippen LogP contribution >= 0.6 is 11.8 Å². The predicted molar refractivity (Wildman–Crippen MR) is 72.4 cm³/mol. The maximum atomic E-state index is 5.76. The standard InChI is InChI=1S/C9H20N4O3SSi/c1-14-18(15-2,16-3)7-5-6-13-8(10)11-9(12-13)17-4/h5-7H2,1-4H3,(H2,10,11,12). The number of aryl methyl sites for hydroxylation is 1. The highest BCUT2D eigenvalue weighted by molar-refractivity contribution is 7.98. The van der Waals surface area contributed by atoms with Gasteiger partial charge in [-0.05, 0) is 12.7 Å². The summed E-state index contributed by atoms with van der Waals surface area (Å²) in [6.07, 6.45) is 2.72. The van der Waals surface area contributed by atoms with Crippen LogP contribution in [0.1, 0.15) is 6.42 Å². The Bertz CT molecular complexity index is 364. The number of thioether (sulfide) groups is 1. The van der Waals surface area contributed by atoms with Gasteiger partial charge in [0.2, 0.25) is 11.1 Å². The van der Waals surface area contributed by atoms with E-state index in [1.807, 2.05) is 6.26 Å². The Balaban J connectivity index is 2.52. The SMILES string of the molecule is CO[Si](CCCn1nc(SC)nc1N)(OC)OC. The summed E-state index contributed by atoms with van der Waals surface area (Å²) in [6.45, 7) is 0.671. The lowest BCUT2D eigenvalue weighted by Gasteiger charge is -2.24. The fourth-order valence-corrected chi connectivity index (χ4v) is 3.65. The first kappa shape index (κ1) is 15.4. The summed E-state index contributed by atoms with van der Waals surface area (Å²) in [5, 5.41) is 4.94. The van der Waals surface area contributed by atoms with Gasteiger partial charge in [-0.25, -0.2) is 4.68 Å². The molecule has 7 nitrogen and oxygen atoms in total. The summed E-state index contributed by atoms with van der Waals surface area (Å²) >= 11 is 1.47. The molecular formula is C9H20N4O3SSi. The van der Waals surface area contributed by atoms with Crippen molar-refractivity contribution in [2.75, 3.05) is 33.3 Å². The molecule has 104 valence electrons. The molecule has 0 aliphatic heterocycles. The lowest BCUT2D eigenvalue weighted by atomic mass is 10.5. The Morgan fingerprint density at radius 1 is 1.28 bits per heavy atom. The molecule has 0 saturated heterocycles. The zero-order chi connectivity index (χ0) is 13.6. The first-order valence-electron chi connectivity index (χ1n) is 5.50. The largest absolute Gasteiger partial charge is 0.500 e. The van der Waals surface area contributed by atoms with Crippen LogP contribution in [0, 0.1) is 0 Å². The Kier molecular flexibility index (Phi) is 6.09. The van der Waals surface area contributed by atoms with E-state index in [-0.39, 0.29) is 0 Å². The van der Waals surface area contributed by atoms with E-state index in [0.717, 1.165) is 6.42 Å². The Hall–Kier alpha value is -0.613. The lowest BCUT2D eigenvalue weighted by molar-refractivity contribution is 0.122. The number of anilines is 1. The van der Waals surface area contributed by atoms with Crippen molar-refractivity contribution in [1.29, 1.82) is 0 Å². The molecule has 9 heteroatoms. The molecule has 0 fully saturated rings. The molecule has 1 rings (SSSR count). The minimum absolute atomic E-state index is 0.430. The number of nitrogens with zero attached hydrogens (tertiary/aromatic N) is 3. The van der Waals surface area contributed by atoms with Crippen molar-refractivity contribution in [3.8, 4) is 0 Å². The number of aromatic nitrogens is 3. The van der Waals surface area contributed by atoms with Crippen molar-refractivity contribution in [2.45, 2.75) is 24.2 Å². The second-order valence-electron chi connectivity index (χ2n) is 3.58. The molecule has 0 radical (unpaired) electrons. The molecule has 0 bridgehead atoms. The first-order chi connectivity index (χ1) is 8.60. The van der Waals surface area contributed by atoms with E-state index >= 15 is 0 Å². The van der Waals surface area contributed by atoms with Gasteiger partial charge in [-0.3, -0.25) is 0 Å². The summed E-state index contributed by atoms with van der Waals surface area (Å²) in [5.41, 5.74) is 5.76. The van der Waals surface area contributed by atoms with Gasteiger partial charge in [-0.2, -0.15) is 4.98 Å². The summed E-state index contributed by atoms with van der Waals surface area (Å²) in [7, 11) is 2.32. The first-order valence-corrected chi connectivity index (χ1v) is 8.66. The molecule has 1 aromatic rings. The van der Waals surface area contributed by atoms with Crippen LogP contribution in [-0.4, -0.2) is 51.2 Å². The molecule has 2 N–H and O–H groups in total. The van der Waals surface area contributed by atoms with E-state index < -0.39 is 8.80 Å². The number of nitrogen functional groups attached to an aromatic ring is 1. The minimum Gasteiger partial charge on any atom is -0.377 e. The van der Waals surface area contributed by atoms with Crippen molar-refractivity contribution >= 4 is 26.5 Å². The minimum atomic E-state index is -2.50. The Morgan fingerprint density at radius 3 is 2.33 bits per heavy atom. The third-order valence-corrected chi connectivity index (χ3v) is 6.02. The van der Waals surface area contributed by atoms with Gasteiger partial charge in [-0.1, -0.05) is 11.8 Å². The van der Waals surface area contributed by atoms with Gasteiger partial charge in [0.1, 0.15) is 0 Å². The quantitative estimate of drug-likeness (QED) is 0.561. The van der Waals surface area contributed by atoms with Crippen LogP contribution < -0.4 is 5.73 Å². The molecule has 0 aliphatic rings. The third-order valence-electron chi connectivity index (χ3n) is 2.65. The lowest BCUT2D eigenvalue weighted by Crippen LogP contribution is -2.42. The normalized spacial score (nSPS) is 12.0. The average molecular weight is 292 g/mol. The van der Waals surface area contributed by atoms with Crippen LogP contribution in [0.5, 0.6) is 0 Å². The van der Waals surface area contributed by atoms with E-state index in [1.165, 1.54) is 11.8 Å². The van der Waals surface area contributed by atoms with Crippen molar-refractivity contribution in [3.05, 3.63) is 0 Å². The zero-order valence-corrected chi connectivity index (χ0v) is 13.0. The van der Waals surface area contributed by atoms with E-state index in [1.54, 1.807) is 26.0 Å². The van der Waals surface area contributed by atoms with Gasteiger partial charge in [0.15, 0.2) is 0 Å². The topological polar surface area (TPSA) is 84.4 Å². The molecule has 1 heterocycles. The number of nitrogens with two attached hydrogens (primary N) is 1. The average Bonchev–Trinajstić information content (AvgIpc) is 2.76. The van der Waals surface area contributed by atoms with Crippen LogP contribution in [-0.2, 0) is 19.8 Å². The van der Waals surface area contributed by atoms with Gasteiger partial charge in [0.25, 0.3) is 0 Å². The molecule has 18 heavy (non-hydrogen) atoms. The van der Waals surface area contributed by atoms with E-state index in [2.05, 4.69) is 10.1 Å². The van der Waals surface area contributed by atoms with Crippen molar-refractivity contribution < 1.29 is 13.3 Å². The van der Waals surface area contributed by atoms with Gasteiger partial charge in [0.05, 0.1) is 0 Å². The molecule has 0 aromatic carbocycles. The molecule has 0 unspecified atom stereocenters. The van der Waals surface area contributed by atoms with Crippen LogP contribution in [0.15, 0.2) is 5.16 Å². The molecular weight excluding hydrogens is 272 g/mol. The predicted octanol–water partition coefficient (Wildman–Crippen LogP) is 0.850. The maximum Gasteiger partial charge on any atom is 0.500 e. The monoisotopic (exact) mass is 292 g/mol. The van der Waals surface area contributed by atoms with Gasteiger partial charge >= 0.3 is 8.80 Å². The van der Waals surface area contributed by atoms with Crippen LogP contribution in [0.2, 0.25) is 6.04 Å². The highest BCUT2D eigenvalue weighted by Gasteiger charge is 2.36.